The summed E-state index contributed by atoms with van der Waals surface area (Å²) in [5.41, 5.74) is 0.376. The molecule has 1 amide bonds. The first kappa shape index (κ1) is 15.8. The minimum Gasteiger partial charge on any atom is -0.461 e. The third kappa shape index (κ3) is 6.61. The lowest BCUT2D eigenvalue weighted by Gasteiger charge is -2.21. The lowest BCUT2D eigenvalue weighted by molar-refractivity contribution is -0.138. The van der Waals surface area contributed by atoms with E-state index in [0.29, 0.717) is 11.3 Å². The highest BCUT2D eigenvalue weighted by Crippen LogP contribution is 2.21. The summed E-state index contributed by atoms with van der Waals surface area (Å²) in [7, 11) is 0. The van der Waals surface area contributed by atoms with Gasteiger partial charge in [-0.2, -0.15) is 0 Å². The summed E-state index contributed by atoms with van der Waals surface area (Å²) in [6.45, 7) is 5.31. The number of esters is 1. The van der Waals surface area contributed by atoms with Gasteiger partial charge in [-0.15, -0.1) is 23.5 Å². The molecule has 4 nitrogen and oxygen atoms in total. The van der Waals surface area contributed by atoms with Crippen molar-refractivity contribution < 1.29 is 14.3 Å². The first-order valence-corrected chi connectivity index (χ1v) is 8.80. The van der Waals surface area contributed by atoms with E-state index in [-0.39, 0.29) is 17.9 Å². The first-order chi connectivity index (χ1) is 8.59. The van der Waals surface area contributed by atoms with Crippen molar-refractivity contribution in [3.8, 4) is 0 Å². The van der Waals surface area contributed by atoms with E-state index in [1.807, 2.05) is 23.5 Å². The molecule has 1 N–H and O–H groups in total. The first-order valence-electron chi connectivity index (χ1n) is 5.51. The van der Waals surface area contributed by atoms with Gasteiger partial charge in [-0.3, -0.25) is 4.79 Å². The highest BCUT2D eigenvalue weighted by Gasteiger charge is 2.16. The van der Waals surface area contributed by atoms with E-state index in [1.165, 1.54) is 0 Å². The lowest BCUT2D eigenvalue weighted by atomic mass is 10.4. The molecule has 1 rings (SSSR count). The average Bonchev–Trinajstić information content (AvgIpc) is 2.35. The molecule has 0 bridgehead atoms. The highest BCUT2D eigenvalue weighted by molar-refractivity contribution is 8.16. The molecule has 0 aromatic rings. The van der Waals surface area contributed by atoms with Gasteiger partial charge in [-0.05, 0) is 6.92 Å². The Labute approximate surface area is 120 Å². The molecule has 1 aliphatic rings. The fraction of sp³-hybridized carbons (Fsp3) is 0.636. The van der Waals surface area contributed by atoms with Crippen molar-refractivity contribution in [2.75, 3.05) is 29.0 Å². The molecular weight excluding hydrogens is 290 g/mol. The van der Waals surface area contributed by atoms with Crippen molar-refractivity contribution in [2.45, 2.75) is 13.0 Å². The van der Waals surface area contributed by atoms with Crippen LogP contribution in [0.4, 0.5) is 4.79 Å². The molecule has 0 saturated carbocycles. The number of hydrogen-bond donors (Lipinski definition) is 1. The number of nitrogens with one attached hydrogen (secondary N) is 1. The topological polar surface area (TPSA) is 55.4 Å². The van der Waals surface area contributed by atoms with Gasteiger partial charge in [0.1, 0.15) is 6.61 Å². The van der Waals surface area contributed by atoms with Gasteiger partial charge in [0.15, 0.2) is 0 Å². The molecule has 0 radical (unpaired) electrons. The third-order valence-electron chi connectivity index (χ3n) is 2.02. The molecule has 1 aliphatic heterocycles. The van der Waals surface area contributed by atoms with Crippen LogP contribution in [-0.2, 0) is 9.53 Å². The van der Waals surface area contributed by atoms with E-state index in [1.54, 1.807) is 6.92 Å². The van der Waals surface area contributed by atoms with Crippen molar-refractivity contribution in [1.82, 2.24) is 5.32 Å². The number of thioether (sulfide) groups is 3. The minimum atomic E-state index is -0.406. The Morgan fingerprint density at radius 3 is 2.72 bits per heavy atom. The number of rotatable bonds is 5. The molecule has 7 heteroatoms. The fourth-order valence-corrected chi connectivity index (χ4v) is 4.14. The molecular formula is C11H17NO3S3. The van der Waals surface area contributed by atoms with Gasteiger partial charge in [0, 0.05) is 34.0 Å². The zero-order valence-corrected chi connectivity index (χ0v) is 12.7. The minimum absolute atomic E-state index is 0.0468. The number of hydrogen-bond acceptors (Lipinski definition) is 6. The van der Waals surface area contributed by atoms with Crippen LogP contribution in [0.15, 0.2) is 12.2 Å². The maximum absolute atomic E-state index is 11.6. The second kappa shape index (κ2) is 8.77. The zero-order valence-electron chi connectivity index (χ0n) is 10.3. The second-order valence-corrected chi connectivity index (χ2v) is 7.25. The maximum Gasteiger partial charge on any atom is 0.333 e. The lowest BCUT2D eigenvalue weighted by Crippen LogP contribution is -2.38. The molecule has 0 aromatic heterocycles. The maximum atomic E-state index is 11.6. The van der Waals surface area contributed by atoms with E-state index >= 15 is 0 Å². The predicted molar refractivity (Wildman–Crippen MR) is 80.3 cm³/mol. The van der Waals surface area contributed by atoms with Crippen LogP contribution in [0.2, 0.25) is 0 Å². The van der Waals surface area contributed by atoms with Crippen LogP contribution in [-0.4, -0.2) is 46.2 Å². The van der Waals surface area contributed by atoms with Crippen LogP contribution in [0.1, 0.15) is 6.92 Å². The van der Waals surface area contributed by atoms with E-state index in [2.05, 4.69) is 11.9 Å². The van der Waals surface area contributed by atoms with Crippen LogP contribution in [0.3, 0.4) is 0 Å². The van der Waals surface area contributed by atoms with Crippen molar-refractivity contribution in [3.05, 3.63) is 12.2 Å². The molecule has 18 heavy (non-hydrogen) atoms. The number of carbonyl (C=O) groups excluding carboxylic acids is 2. The summed E-state index contributed by atoms with van der Waals surface area (Å²) < 4.78 is 4.90. The Kier molecular flexibility index (Phi) is 7.69. The van der Waals surface area contributed by atoms with E-state index in [9.17, 15) is 9.59 Å². The molecule has 1 saturated heterocycles. The smallest absolute Gasteiger partial charge is 0.333 e. The molecule has 0 unspecified atom stereocenters. The van der Waals surface area contributed by atoms with Crippen molar-refractivity contribution in [1.29, 1.82) is 0 Å². The monoisotopic (exact) mass is 307 g/mol. The molecule has 0 aromatic carbocycles. The Bertz CT molecular complexity index is 317. The molecule has 0 atom stereocenters. The Balaban J connectivity index is 2.06. The van der Waals surface area contributed by atoms with Gasteiger partial charge in [-0.1, -0.05) is 18.3 Å². The highest BCUT2D eigenvalue weighted by atomic mass is 32.2. The van der Waals surface area contributed by atoms with Gasteiger partial charge in [0.05, 0.1) is 0 Å². The molecule has 1 heterocycles. The third-order valence-corrected chi connectivity index (χ3v) is 5.39. The number of carbonyl (C=O) groups is 2. The Morgan fingerprint density at radius 1 is 1.44 bits per heavy atom. The Hall–Kier alpha value is -0.270. The normalized spacial score (nSPS) is 16.1. The van der Waals surface area contributed by atoms with Crippen molar-refractivity contribution in [2.24, 2.45) is 0 Å². The summed E-state index contributed by atoms with van der Waals surface area (Å²) in [5, 5.41) is 4.01. The SMILES string of the molecule is C=C(C)C(=O)OCCSC(=O)NC1CSCSC1. The van der Waals surface area contributed by atoms with E-state index < -0.39 is 5.97 Å². The van der Waals surface area contributed by atoms with Gasteiger partial charge < -0.3 is 10.1 Å². The van der Waals surface area contributed by atoms with Crippen LogP contribution in [0, 0.1) is 0 Å². The summed E-state index contributed by atoms with van der Waals surface area (Å²) in [5.74, 6) is 2.02. The summed E-state index contributed by atoms with van der Waals surface area (Å²) in [4.78, 5) is 22.6. The summed E-state index contributed by atoms with van der Waals surface area (Å²) in [6, 6.07) is 0.256. The largest absolute Gasteiger partial charge is 0.461 e. The van der Waals surface area contributed by atoms with Crippen molar-refractivity contribution >= 4 is 46.5 Å². The molecule has 0 spiro atoms. The standard InChI is InChI=1S/C11H17NO3S3/c1-8(2)10(13)15-3-4-18-11(14)12-9-5-16-7-17-6-9/h9H,1,3-7H2,2H3,(H,12,14). The molecule has 1 fully saturated rings. The van der Waals surface area contributed by atoms with Crippen LogP contribution in [0.25, 0.3) is 0 Å². The predicted octanol–water partition coefficient (Wildman–Crippen LogP) is 2.35. The zero-order chi connectivity index (χ0) is 13.4. The quantitative estimate of drug-likeness (QED) is 0.478. The van der Waals surface area contributed by atoms with Crippen LogP contribution >= 0.6 is 35.3 Å². The molecule has 0 aliphatic carbocycles. The van der Waals surface area contributed by atoms with Gasteiger partial charge in [-0.25, -0.2) is 4.79 Å². The number of amides is 1. The second-order valence-electron chi connectivity index (χ2n) is 3.75. The fourth-order valence-electron chi connectivity index (χ4n) is 1.17. The Morgan fingerprint density at radius 2 is 2.11 bits per heavy atom. The van der Waals surface area contributed by atoms with Crippen molar-refractivity contribution in [3.63, 3.8) is 0 Å². The van der Waals surface area contributed by atoms with Gasteiger partial charge in [0.2, 0.25) is 0 Å². The van der Waals surface area contributed by atoms with Crippen LogP contribution < -0.4 is 5.32 Å². The van der Waals surface area contributed by atoms with Gasteiger partial charge in [0.25, 0.3) is 5.24 Å². The summed E-state index contributed by atoms with van der Waals surface area (Å²) >= 11 is 4.83. The van der Waals surface area contributed by atoms with E-state index in [0.717, 1.165) is 28.4 Å². The summed E-state index contributed by atoms with van der Waals surface area (Å²) in [6.07, 6.45) is 0. The number of ether oxygens (including phenoxy) is 1. The van der Waals surface area contributed by atoms with Gasteiger partial charge >= 0.3 is 5.97 Å². The average molecular weight is 307 g/mol. The van der Waals surface area contributed by atoms with E-state index in [4.69, 9.17) is 4.74 Å². The van der Waals surface area contributed by atoms with Crippen LogP contribution in [0.5, 0.6) is 0 Å². The molecule has 102 valence electrons.